The number of aromatic nitrogens is 2. The fraction of sp³-hybridized carbons (Fsp3) is 0.0968. The molecule has 206 valence electrons. The van der Waals surface area contributed by atoms with Gasteiger partial charge in [0.1, 0.15) is 34.7 Å². The van der Waals surface area contributed by atoms with Gasteiger partial charge in [0, 0.05) is 0 Å². The quantitative estimate of drug-likeness (QED) is 0.133. The van der Waals surface area contributed by atoms with Crippen molar-refractivity contribution in [3.05, 3.63) is 118 Å². The molecule has 6 aromatic rings. The third-order valence-corrected chi connectivity index (χ3v) is 8.12. The topological polar surface area (TPSA) is 103 Å². The summed E-state index contributed by atoms with van der Waals surface area (Å²) in [5.74, 6) is 0.166. The van der Waals surface area contributed by atoms with Gasteiger partial charge in [-0.25, -0.2) is 14.8 Å². The summed E-state index contributed by atoms with van der Waals surface area (Å²) in [6.45, 7) is 0.722. The standard InChI is InChI=1S/C31H23N3O5S2.Na.H/c35-30(36)17-32-39-31(20-9-13-22(14-10-20)37-18-28-33-24-5-1-3-7-26(24)40-28)21-11-15-23(16-12-21)38-19-29-34-25-6-2-4-8-27(25)41-29;;/h1-17,31H,18-19H2,(H,35,36);;/q;+1;-1. The maximum Gasteiger partial charge on any atom is 1.00 e. The molecule has 4 aromatic carbocycles. The zero-order valence-electron chi connectivity index (χ0n) is 23.5. The molecule has 0 bridgehead atoms. The Balaban J connectivity index is 0.00000212. The molecule has 2 aromatic heterocycles. The maximum absolute atomic E-state index is 11.0. The van der Waals surface area contributed by atoms with Gasteiger partial charge in [-0.15, -0.1) is 22.7 Å². The molecular formula is C31H24N3NaO5S2. The van der Waals surface area contributed by atoms with E-state index in [1.165, 1.54) is 0 Å². The molecule has 42 heavy (non-hydrogen) atoms. The van der Waals surface area contributed by atoms with E-state index >= 15 is 0 Å². The average molecular weight is 606 g/mol. The van der Waals surface area contributed by atoms with Crippen LogP contribution in [0.1, 0.15) is 28.7 Å². The van der Waals surface area contributed by atoms with Crippen LogP contribution in [0.3, 0.4) is 0 Å². The number of carboxylic acid groups (broad SMARTS) is 1. The summed E-state index contributed by atoms with van der Waals surface area (Å²) in [7, 11) is 0. The average Bonchev–Trinajstić information content (AvgIpc) is 3.61. The van der Waals surface area contributed by atoms with Crippen molar-refractivity contribution < 1.29 is 55.2 Å². The van der Waals surface area contributed by atoms with Gasteiger partial charge in [0.25, 0.3) is 0 Å². The first-order valence-electron chi connectivity index (χ1n) is 12.7. The minimum Gasteiger partial charge on any atom is -1.00 e. The predicted molar refractivity (Wildman–Crippen MR) is 161 cm³/mol. The molecule has 0 aliphatic heterocycles. The minimum absolute atomic E-state index is 0. The SMILES string of the molecule is O=C(O)C=NOC(c1ccc(OCc2nc3ccccc3s2)cc1)c1ccc(OCc2nc3ccccc3s2)cc1.[H-].[Na+]. The van der Waals surface area contributed by atoms with E-state index in [4.69, 9.17) is 19.4 Å². The van der Waals surface area contributed by atoms with E-state index in [9.17, 15) is 4.79 Å². The summed E-state index contributed by atoms with van der Waals surface area (Å²) < 4.78 is 14.1. The van der Waals surface area contributed by atoms with Gasteiger partial charge in [-0.05, 0) is 59.7 Å². The molecule has 11 heteroatoms. The first kappa shape index (κ1) is 29.7. The number of carbonyl (C=O) groups is 1. The van der Waals surface area contributed by atoms with Gasteiger partial charge in [-0.2, -0.15) is 0 Å². The number of rotatable bonds is 11. The van der Waals surface area contributed by atoms with Crippen molar-refractivity contribution in [2.75, 3.05) is 0 Å². The molecule has 0 radical (unpaired) electrons. The third kappa shape index (κ3) is 7.33. The zero-order chi connectivity index (χ0) is 28.0. The molecule has 8 nitrogen and oxygen atoms in total. The summed E-state index contributed by atoms with van der Waals surface area (Å²) >= 11 is 3.21. The third-order valence-electron chi connectivity index (χ3n) is 6.10. The number of thiazole rings is 2. The van der Waals surface area contributed by atoms with E-state index in [2.05, 4.69) is 15.1 Å². The molecule has 0 aliphatic rings. The Kier molecular flexibility index (Phi) is 9.83. The van der Waals surface area contributed by atoms with Gasteiger partial charge in [-0.3, -0.25) is 0 Å². The number of benzene rings is 4. The molecule has 0 fully saturated rings. The van der Waals surface area contributed by atoms with Crippen molar-refractivity contribution in [2.45, 2.75) is 19.3 Å². The number of carboxylic acids is 1. The van der Waals surface area contributed by atoms with Crippen molar-refractivity contribution in [3.8, 4) is 11.5 Å². The first-order valence-corrected chi connectivity index (χ1v) is 14.3. The number of fused-ring (bicyclic) bond motifs is 2. The predicted octanol–water partition coefficient (Wildman–Crippen LogP) is 4.36. The Morgan fingerprint density at radius 3 is 1.64 bits per heavy atom. The number of ether oxygens (including phenoxy) is 2. The number of hydrogen-bond donors (Lipinski definition) is 1. The fourth-order valence-corrected chi connectivity index (χ4v) is 5.94. The van der Waals surface area contributed by atoms with Crippen molar-refractivity contribution in [1.29, 1.82) is 0 Å². The number of nitrogens with zero attached hydrogens (tertiary/aromatic N) is 3. The number of oxime groups is 1. The number of aliphatic carboxylic acids is 1. The maximum atomic E-state index is 11.0. The number of para-hydroxylation sites is 2. The van der Waals surface area contributed by atoms with Gasteiger partial charge in [0.05, 0.1) is 20.4 Å². The van der Waals surface area contributed by atoms with Gasteiger partial charge >= 0.3 is 35.5 Å². The minimum atomic E-state index is -1.19. The Labute approximate surface area is 273 Å². The van der Waals surface area contributed by atoms with Crippen LogP contribution in [-0.4, -0.2) is 27.3 Å². The van der Waals surface area contributed by atoms with Crippen LogP contribution in [0.4, 0.5) is 0 Å². The van der Waals surface area contributed by atoms with Crippen molar-refractivity contribution in [2.24, 2.45) is 5.16 Å². The molecule has 0 spiro atoms. The summed E-state index contributed by atoms with van der Waals surface area (Å²) in [6, 6.07) is 30.8. The summed E-state index contributed by atoms with van der Waals surface area (Å²) in [5, 5.41) is 14.4. The van der Waals surface area contributed by atoms with Gasteiger partial charge in [-0.1, -0.05) is 53.7 Å². The van der Waals surface area contributed by atoms with Crippen LogP contribution in [0.25, 0.3) is 20.4 Å². The smallest absolute Gasteiger partial charge is 1.00 e. The van der Waals surface area contributed by atoms with Crippen LogP contribution >= 0.6 is 22.7 Å². The molecule has 0 unspecified atom stereocenters. The van der Waals surface area contributed by atoms with E-state index in [0.717, 1.165) is 47.8 Å². The van der Waals surface area contributed by atoms with E-state index in [-0.39, 0.29) is 31.0 Å². The molecule has 0 saturated heterocycles. The van der Waals surface area contributed by atoms with Crippen LogP contribution < -0.4 is 39.0 Å². The van der Waals surface area contributed by atoms with Crippen LogP contribution in [0.5, 0.6) is 11.5 Å². The summed E-state index contributed by atoms with van der Waals surface area (Å²) in [4.78, 5) is 25.8. The zero-order valence-corrected chi connectivity index (χ0v) is 26.2. The van der Waals surface area contributed by atoms with Gasteiger partial charge in [0.15, 0.2) is 12.3 Å². The van der Waals surface area contributed by atoms with Crippen LogP contribution in [0, 0.1) is 0 Å². The second-order valence-electron chi connectivity index (χ2n) is 8.92. The molecule has 0 aliphatic carbocycles. The molecule has 1 N–H and O–H groups in total. The van der Waals surface area contributed by atoms with Crippen LogP contribution in [-0.2, 0) is 22.8 Å². The normalized spacial score (nSPS) is 11.2. The molecular weight excluding hydrogens is 581 g/mol. The van der Waals surface area contributed by atoms with E-state index < -0.39 is 12.1 Å². The first-order chi connectivity index (χ1) is 20.1. The van der Waals surface area contributed by atoms with Crippen molar-refractivity contribution in [3.63, 3.8) is 0 Å². The van der Waals surface area contributed by atoms with Crippen LogP contribution in [0.15, 0.2) is 102 Å². The molecule has 0 saturated carbocycles. The molecule has 0 amide bonds. The largest absolute Gasteiger partial charge is 1.00 e. The fourth-order valence-electron chi connectivity index (χ4n) is 4.18. The van der Waals surface area contributed by atoms with Crippen molar-refractivity contribution >= 4 is 55.3 Å². The Hall–Kier alpha value is -3.80. The van der Waals surface area contributed by atoms with Crippen LogP contribution in [0.2, 0.25) is 0 Å². The van der Waals surface area contributed by atoms with E-state index in [1.807, 2.05) is 97.1 Å². The Morgan fingerprint density at radius 2 is 1.21 bits per heavy atom. The van der Waals surface area contributed by atoms with Gasteiger partial charge < -0.3 is 20.8 Å². The van der Waals surface area contributed by atoms with Crippen molar-refractivity contribution in [1.82, 2.24) is 9.97 Å². The Morgan fingerprint density at radius 1 is 0.762 bits per heavy atom. The van der Waals surface area contributed by atoms with E-state index in [0.29, 0.717) is 24.7 Å². The molecule has 6 rings (SSSR count). The molecule has 2 heterocycles. The van der Waals surface area contributed by atoms with Gasteiger partial charge in [0.2, 0.25) is 0 Å². The summed E-state index contributed by atoms with van der Waals surface area (Å²) in [6.07, 6.45) is 0.0834. The second kappa shape index (κ2) is 13.9. The molecule has 0 atom stereocenters. The second-order valence-corrected chi connectivity index (χ2v) is 11.2. The summed E-state index contributed by atoms with van der Waals surface area (Å²) in [5.41, 5.74) is 3.48. The Bertz CT molecular complexity index is 1640. The number of hydrogen-bond acceptors (Lipinski definition) is 9. The van der Waals surface area contributed by atoms with E-state index in [1.54, 1.807) is 22.7 Å². The monoisotopic (exact) mass is 605 g/mol.